The van der Waals surface area contributed by atoms with Crippen molar-refractivity contribution in [2.24, 2.45) is 5.41 Å². The van der Waals surface area contributed by atoms with E-state index in [2.05, 4.69) is 66.4 Å². The fourth-order valence-electron chi connectivity index (χ4n) is 4.81. The van der Waals surface area contributed by atoms with Gasteiger partial charge in [-0.05, 0) is 47.4 Å². The zero-order chi connectivity index (χ0) is 17.4. The van der Waals surface area contributed by atoms with Gasteiger partial charge in [0.25, 0.3) is 0 Å². The molecule has 0 bridgehead atoms. The molecule has 0 spiro atoms. The largest absolute Gasteiger partial charge is 0.298 e. The second-order valence-corrected chi connectivity index (χ2v) is 8.28. The van der Waals surface area contributed by atoms with E-state index in [1.165, 1.54) is 29.7 Å². The van der Waals surface area contributed by atoms with Gasteiger partial charge in [-0.3, -0.25) is 4.90 Å². The lowest BCUT2D eigenvalue weighted by atomic mass is 9.67. The van der Waals surface area contributed by atoms with Gasteiger partial charge in [-0.15, -0.1) is 0 Å². The van der Waals surface area contributed by atoms with Gasteiger partial charge in [0.1, 0.15) is 0 Å². The van der Waals surface area contributed by atoms with Gasteiger partial charge >= 0.3 is 0 Å². The second-order valence-electron chi connectivity index (χ2n) is 7.90. The molecule has 0 radical (unpaired) electrons. The minimum Gasteiger partial charge on any atom is -0.298 e. The van der Waals surface area contributed by atoms with E-state index in [1.54, 1.807) is 0 Å². The molecule has 1 saturated heterocycles. The minimum atomic E-state index is 0.368. The van der Waals surface area contributed by atoms with E-state index in [4.69, 9.17) is 11.6 Å². The van der Waals surface area contributed by atoms with Crippen LogP contribution >= 0.6 is 11.6 Å². The molecule has 1 heterocycles. The molecule has 1 nitrogen and oxygen atoms in total. The number of benzene rings is 2. The standard InChI is InChI=1S/C23H26ClN/c1-3-7-18-10-11-19-20(22(18)24)12-13-23(2)16-25(15-21(19)23)14-17-8-5-4-6-9-17/h3-11,21H,12-16H2,1-2H3/b7-3-/t21-,23-/m1/s1. The van der Waals surface area contributed by atoms with Gasteiger partial charge in [0.15, 0.2) is 0 Å². The summed E-state index contributed by atoms with van der Waals surface area (Å²) >= 11 is 6.74. The van der Waals surface area contributed by atoms with Gasteiger partial charge in [-0.1, -0.05) is 73.1 Å². The first-order valence-electron chi connectivity index (χ1n) is 9.31. The molecule has 1 fully saturated rings. The van der Waals surface area contributed by atoms with Crippen molar-refractivity contribution in [3.63, 3.8) is 0 Å². The first kappa shape index (κ1) is 16.9. The van der Waals surface area contributed by atoms with Crippen LogP contribution in [-0.4, -0.2) is 18.0 Å². The fraction of sp³-hybridized carbons (Fsp3) is 0.391. The average Bonchev–Trinajstić information content (AvgIpc) is 2.94. The summed E-state index contributed by atoms with van der Waals surface area (Å²) < 4.78 is 0. The van der Waals surface area contributed by atoms with E-state index in [0.29, 0.717) is 11.3 Å². The van der Waals surface area contributed by atoms with E-state index in [9.17, 15) is 0 Å². The Labute approximate surface area is 156 Å². The number of likely N-dealkylation sites (tertiary alicyclic amines) is 1. The molecule has 1 aliphatic heterocycles. The molecule has 0 N–H and O–H groups in total. The molecule has 0 unspecified atom stereocenters. The number of hydrogen-bond acceptors (Lipinski definition) is 1. The summed E-state index contributed by atoms with van der Waals surface area (Å²) in [5.74, 6) is 0.595. The van der Waals surface area contributed by atoms with Crippen molar-refractivity contribution >= 4 is 17.7 Å². The zero-order valence-corrected chi connectivity index (χ0v) is 15.9. The molecule has 2 aliphatic rings. The highest BCUT2D eigenvalue weighted by atomic mass is 35.5. The molecule has 0 amide bonds. The van der Waals surface area contributed by atoms with Crippen molar-refractivity contribution in [1.82, 2.24) is 4.90 Å². The van der Waals surface area contributed by atoms with Crippen LogP contribution in [0.2, 0.25) is 5.02 Å². The number of fused-ring (bicyclic) bond motifs is 3. The highest BCUT2D eigenvalue weighted by Crippen LogP contribution is 2.52. The Bertz CT molecular complexity index is 795. The third-order valence-corrected chi connectivity index (χ3v) is 6.54. The fourth-order valence-corrected chi connectivity index (χ4v) is 5.14. The van der Waals surface area contributed by atoms with Crippen LogP contribution in [-0.2, 0) is 13.0 Å². The summed E-state index contributed by atoms with van der Waals surface area (Å²) in [7, 11) is 0. The minimum absolute atomic E-state index is 0.368. The van der Waals surface area contributed by atoms with Gasteiger partial charge in [0.2, 0.25) is 0 Å². The summed E-state index contributed by atoms with van der Waals surface area (Å²) in [6, 6.07) is 15.4. The molecule has 1 aliphatic carbocycles. The summed E-state index contributed by atoms with van der Waals surface area (Å²) in [6.07, 6.45) is 6.52. The molecular weight excluding hydrogens is 326 g/mol. The van der Waals surface area contributed by atoms with Crippen molar-refractivity contribution in [3.05, 3.63) is 75.8 Å². The smallest absolute Gasteiger partial charge is 0.0513 e. The molecule has 130 valence electrons. The zero-order valence-electron chi connectivity index (χ0n) is 15.1. The normalized spacial score (nSPS) is 26.0. The highest BCUT2D eigenvalue weighted by molar-refractivity contribution is 6.33. The van der Waals surface area contributed by atoms with Crippen LogP contribution in [0.15, 0.2) is 48.5 Å². The number of allylic oxidation sites excluding steroid dienone is 1. The van der Waals surface area contributed by atoms with E-state index in [0.717, 1.165) is 30.1 Å². The average molecular weight is 352 g/mol. The Kier molecular flexibility index (Phi) is 4.47. The maximum absolute atomic E-state index is 6.74. The molecule has 2 aromatic carbocycles. The van der Waals surface area contributed by atoms with Gasteiger partial charge in [0, 0.05) is 25.6 Å². The molecule has 4 rings (SSSR count). The van der Waals surface area contributed by atoms with E-state index in [1.807, 2.05) is 6.92 Å². The second kappa shape index (κ2) is 6.63. The molecular formula is C23H26ClN. The molecule has 2 heteroatoms. The van der Waals surface area contributed by atoms with Gasteiger partial charge in [-0.25, -0.2) is 0 Å². The Morgan fingerprint density at radius 3 is 2.76 bits per heavy atom. The van der Waals surface area contributed by atoms with Gasteiger partial charge in [0.05, 0.1) is 5.02 Å². The van der Waals surface area contributed by atoms with E-state index in [-0.39, 0.29) is 0 Å². The number of hydrogen-bond donors (Lipinski definition) is 0. The Balaban J connectivity index is 1.63. The summed E-state index contributed by atoms with van der Waals surface area (Å²) in [5, 5.41) is 0.971. The van der Waals surface area contributed by atoms with Crippen LogP contribution < -0.4 is 0 Å². The summed E-state index contributed by atoms with van der Waals surface area (Å²) in [4.78, 5) is 2.63. The molecule has 2 aromatic rings. The molecule has 2 atom stereocenters. The van der Waals surface area contributed by atoms with Gasteiger partial charge < -0.3 is 0 Å². The molecule has 25 heavy (non-hydrogen) atoms. The predicted octanol–water partition coefficient (Wildman–Crippen LogP) is 5.93. The Morgan fingerprint density at radius 2 is 2.00 bits per heavy atom. The lowest BCUT2D eigenvalue weighted by Crippen LogP contribution is -2.30. The van der Waals surface area contributed by atoms with E-state index >= 15 is 0 Å². The maximum atomic E-state index is 6.74. The monoisotopic (exact) mass is 351 g/mol. The van der Waals surface area contributed by atoms with Crippen LogP contribution in [0, 0.1) is 5.41 Å². The summed E-state index contributed by atoms with van der Waals surface area (Å²) in [6.45, 7) is 7.88. The highest BCUT2D eigenvalue weighted by Gasteiger charge is 2.46. The van der Waals surface area contributed by atoms with Crippen LogP contribution in [0.4, 0.5) is 0 Å². The van der Waals surface area contributed by atoms with Crippen molar-refractivity contribution in [1.29, 1.82) is 0 Å². The lowest BCUT2D eigenvalue weighted by Gasteiger charge is -2.37. The first-order chi connectivity index (χ1) is 12.1. The van der Waals surface area contributed by atoms with E-state index < -0.39 is 0 Å². The quantitative estimate of drug-likeness (QED) is 0.662. The maximum Gasteiger partial charge on any atom is 0.0513 e. The Morgan fingerprint density at radius 1 is 1.20 bits per heavy atom. The van der Waals surface area contributed by atoms with Crippen molar-refractivity contribution < 1.29 is 0 Å². The SMILES string of the molecule is C/C=C\c1ccc2c(c1Cl)CC[C@]1(C)CN(Cc3ccccc3)C[C@H]21. The van der Waals surface area contributed by atoms with Crippen molar-refractivity contribution in [2.45, 2.75) is 39.2 Å². The molecule has 0 aromatic heterocycles. The van der Waals surface area contributed by atoms with Crippen LogP contribution in [0.5, 0.6) is 0 Å². The molecule has 0 saturated carbocycles. The topological polar surface area (TPSA) is 3.24 Å². The van der Waals surface area contributed by atoms with Gasteiger partial charge in [-0.2, -0.15) is 0 Å². The van der Waals surface area contributed by atoms with Crippen LogP contribution in [0.25, 0.3) is 6.08 Å². The third kappa shape index (κ3) is 3.05. The predicted molar refractivity (Wildman–Crippen MR) is 107 cm³/mol. The summed E-state index contributed by atoms with van der Waals surface area (Å²) in [5.41, 5.74) is 5.81. The van der Waals surface area contributed by atoms with Crippen LogP contribution in [0.1, 0.15) is 48.4 Å². The van der Waals surface area contributed by atoms with Crippen molar-refractivity contribution in [3.8, 4) is 0 Å². The number of rotatable bonds is 3. The van der Waals surface area contributed by atoms with Crippen molar-refractivity contribution in [2.75, 3.05) is 13.1 Å². The Hall–Kier alpha value is -1.57. The lowest BCUT2D eigenvalue weighted by molar-refractivity contribution is 0.240. The van der Waals surface area contributed by atoms with Crippen LogP contribution in [0.3, 0.4) is 0 Å². The third-order valence-electron chi connectivity index (χ3n) is 6.09. The number of halogens is 1. The first-order valence-corrected chi connectivity index (χ1v) is 9.69. The number of nitrogens with zero attached hydrogens (tertiary/aromatic N) is 1.